The number of rotatable bonds is 5. The van der Waals surface area contributed by atoms with Gasteiger partial charge in [0.05, 0.1) is 0 Å². The Hall–Kier alpha value is -2.38. The third-order valence-corrected chi connectivity index (χ3v) is 5.75. The van der Waals surface area contributed by atoms with E-state index in [2.05, 4.69) is 9.97 Å². The molecule has 25 heavy (non-hydrogen) atoms. The second-order valence-electron chi connectivity index (χ2n) is 7.23. The molecule has 1 aromatic heterocycles. The second kappa shape index (κ2) is 5.86. The van der Waals surface area contributed by atoms with E-state index in [4.69, 9.17) is 10.8 Å². The molecule has 0 aromatic carbocycles. The molecule has 1 saturated carbocycles. The van der Waals surface area contributed by atoms with E-state index in [0.717, 1.165) is 13.0 Å². The summed E-state index contributed by atoms with van der Waals surface area (Å²) in [4.78, 5) is 23.4. The van der Waals surface area contributed by atoms with E-state index in [1.165, 1.54) is 6.20 Å². The first-order valence-corrected chi connectivity index (χ1v) is 8.68. The van der Waals surface area contributed by atoms with Crippen LogP contribution < -0.4 is 15.5 Å². The van der Waals surface area contributed by atoms with Crippen molar-refractivity contribution < 1.29 is 14.3 Å². The zero-order valence-electron chi connectivity index (χ0n) is 14.1. The molecule has 0 spiro atoms. The number of aliphatic carboxylic acids is 1. The zero-order chi connectivity index (χ0) is 17.7. The molecule has 0 amide bonds. The van der Waals surface area contributed by atoms with Crippen LogP contribution in [0, 0.1) is 23.6 Å². The van der Waals surface area contributed by atoms with Crippen LogP contribution in [0.4, 0.5) is 16.0 Å². The Kier molecular flexibility index (Phi) is 3.77. The molecule has 3 N–H and O–H groups in total. The highest BCUT2D eigenvalue weighted by Crippen LogP contribution is 2.54. The number of carbonyl (C=O) groups is 1. The SMILES string of the molecule is CC1CCN1c1nc(C=CN)nc(N2CC3C(CC(=O)O)C3C2)c1F. The van der Waals surface area contributed by atoms with Crippen molar-refractivity contribution >= 4 is 23.7 Å². The fourth-order valence-corrected chi connectivity index (χ4v) is 4.16. The summed E-state index contributed by atoms with van der Waals surface area (Å²) < 4.78 is 15.1. The average Bonchev–Trinajstić information content (AvgIpc) is 2.99. The molecular weight excluding hydrogens is 325 g/mol. The Labute approximate surface area is 145 Å². The maximum atomic E-state index is 15.1. The summed E-state index contributed by atoms with van der Waals surface area (Å²) in [5, 5.41) is 8.94. The summed E-state index contributed by atoms with van der Waals surface area (Å²) in [6, 6.07) is 0.263. The quantitative estimate of drug-likeness (QED) is 0.829. The molecule has 134 valence electrons. The number of carboxylic acid groups (broad SMARTS) is 1. The van der Waals surface area contributed by atoms with Gasteiger partial charge in [-0.3, -0.25) is 4.79 Å². The van der Waals surface area contributed by atoms with Gasteiger partial charge in [-0.15, -0.1) is 0 Å². The standard InChI is InChI=1S/C17H22FN5O2/c1-9-3-5-23(9)17-15(18)16(20-13(21-17)2-4-19)22-7-11-10(6-14(24)25)12(11)8-22/h2,4,9-12H,3,5-8,19H2,1H3,(H,24,25). The molecule has 0 radical (unpaired) electrons. The molecular formula is C17H22FN5O2. The Morgan fingerprint density at radius 3 is 2.56 bits per heavy atom. The minimum absolute atomic E-state index is 0.202. The van der Waals surface area contributed by atoms with Crippen LogP contribution in [0.2, 0.25) is 0 Å². The van der Waals surface area contributed by atoms with Gasteiger partial charge in [-0.1, -0.05) is 0 Å². The Morgan fingerprint density at radius 2 is 2.04 bits per heavy atom. The lowest BCUT2D eigenvalue weighted by molar-refractivity contribution is -0.137. The van der Waals surface area contributed by atoms with Crippen LogP contribution >= 0.6 is 0 Å². The highest BCUT2D eigenvalue weighted by Gasteiger charge is 2.56. The molecule has 2 aliphatic heterocycles. The molecule has 4 rings (SSSR count). The first-order chi connectivity index (χ1) is 12.0. The van der Waals surface area contributed by atoms with Crippen molar-refractivity contribution in [2.24, 2.45) is 23.5 Å². The number of hydrogen-bond donors (Lipinski definition) is 2. The van der Waals surface area contributed by atoms with Crippen LogP contribution in [0.1, 0.15) is 25.6 Å². The second-order valence-corrected chi connectivity index (χ2v) is 7.23. The first-order valence-electron chi connectivity index (χ1n) is 8.68. The number of hydrogen-bond acceptors (Lipinski definition) is 6. The monoisotopic (exact) mass is 347 g/mol. The van der Waals surface area contributed by atoms with Gasteiger partial charge >= 0.3 is 5.97 Å². The number of carboxylic acids is 1. The van der Waals surface area contributed by atoms with E-state index in [1.54, 1.807) is 6.08 Å². The summed E-state index contributed by atoms with van der Waals surface area (Å²) in [6.45, 7) is 4.13. The highest BCUT2D eigenvalue weighted by molar-refractivity contribution is 5.68. The molecule has 0 bridgehead atoms. The number of piperidine rings is 1. The van der Waals surface area contributed by atoms with E-state index >= 15 is 4.39 Å². The van der Waals surface area contributed by atoms with Gasteiger partial charge in [0.15, 0.2) is 17.5 Å². The number of nitrogens with zero attached hydrogens (tertiary/aromatic N) is 4. The smallest absolute Gasteiger partial charge is 0.303 e. The molecule has 1 aromatic rings. The van der Waals surface area contributed by atoms with Gasteiger partial charge in [0, 0.05) is 32.1 Å². The summed E-state index contributed by atoms with van der Waals surface area (Å²) in [5.74, 6) is 0.752. The van der Waals surface area contributed by atoms with Gasteiger partial charge < -0.3 is 20.6 Å². The molecule has 3 aliphatic rings. The molecule has 3 unspecified atom stereocenters. The third-order valence-electron chi connectivity index (χ3n) is 5.75. The zero-order valence-corrected chi connectivity index (χ0v) is 14.1. The van der Waals surface area contributed by atoms with Gasteiger partial charge in [-0.05, 0) is 43.4 Å². The van der Waals surface area contributed by atoms with Gasteiger partial charge in [0.25, 0.3) is 0 Å². The lowest BCUT2D eigenvalue weighted by atomic mass is 10.1. The molecule has 2 saturated heterocycles. The average molecular weight is 347 g/mol. The van der Waals surface area contributed by atoms with Gasteiger partial charge in [0.2, 0.25) is 5.82 Å². The van der Waals surface area contributed by atoms with Gasteiger partial charge in [0.1, 0.15) is 0 Å². The van der Waals surface area contributed by atoms with Gasteiger partial charge in [-0.25, -0.2) is 9.97 Å². The molecule has 8 heteroatoms. The third kappa shape index (κ3) is 2.69. The van der Waals surface area contributed by atoms with E-state index in [0.29, 0.717) is 42.4 Å². The van der Waals surface area contributed by atoms with E-state index in [9.17, 15) is 4.79 Å². The van der Waals surface area contributed by atoms with Crippen LogP contribution in [0.25, 0.3) is 6.08 Å². The summed E-state index contributed by atoms with van der Waals surface area (Å²) in [7, 11) is 0. The fraction of sp³-hybridized carbons (Fsp3) is 0.588. The predicted octanol–water partition coefficient (Wildman–Crippen LogP) is 1.30. The van der Waals surface area contributed by atoms with Crippen LogP contribution in [-0.4, -0.2) is 46.7 Å². The van der Waals surface area contributed by atoms with Crippen LogP contribution in [0.5, 0.6) is 0 Å². The summed E-state index contributed by atoms with van der Waals surface area (Å²) >= 11 is 0. The van der Waals surface area contributed by atoms with Crippen LogP contribution in [-0.2, 0) is 4.79 Å². The summed E-state index contributed by atoms with van der Waals surface area (Å²) in [5.41, 5.74) is 5.46. The number of aromatic nitrogens is 2. The lowest BCUT2D eigenvalue weighted by Gasteiger charge is -2.40. The molecule has 3 fully saturated rings. The van der Waals surface area contributed by atoms with Crippen molar-refractivity contribution in [1.82, 2.24) is 9.97 Å². The number of fused-ring (bicyclic) bond motifs is 1. The molecule has 3 atom stereocenters. The Morgan fingerprint density at radius 1 is 1.36 bits per heavy atom. The minimum atomic E-state index is -0.761. The van der Waals surface area contributed by atoms with Crippen molar-refractivity contribution in [3.8, 4) is 0 Å². The maximum absolute atomic E-state index is 15.1. The van der Waals surface area contributed by atoms with Crippen LogP contribution in [0.3, 0.4) is 0 Å². The topological polar surface area (TPSA) is 95.6 Å². The number of anilines is 2. The van der Waals surface area contributed by atoms with Crippen molar-refractivity contribution in [3.05, 3.63) is 17.8 Å². The Bertz CT molecular complexity index is 728. The van der Waals surface area contributed by atoms with Crippen LogP contribution in [0.15, 0.2) is 6.20 Å². The predicted molar refractivity (Wildman–Crippen MR) is 91.6 cm³/mol. The Balaban J connectivity index is 1.59. The van der Waals surface area contributed by atoms with E-state index < -0.39 is 11.8 Å². The maximum Gasteiger partial charge on any atom is 0.303 e. The van der Waals surface area contributed by atoms with Crippen molar-refractivity contribution in [2.45, 2.75) is 25.8 Å². The number of halogens is 1. The largest absolute Gasteiger partial charge is 0.481 e. The first kappa shape index (κ1) is 16.1. The highest BCUT2D eigenvalue weighted by atomic mass is 19.1. The molecule has 1 aliphatic carbocycles. The van der Waals surface area contributed by atoms with Crippen molar-refractivity contribution in [1.29, 1.82) is 0 Å². The van der Waals surface area contributed by atoms with Crippen molar-refractivity contribution in [2.75, 3.05) is 29.4 Å². The normalized spacial score (nSPS) is 30.5. The molecule has 3 heterocycles. The lowest BCUT2D eigenvalue weighted by Crippen LogP contribution is -2.47. The van der Waals surface area contributed by atoms with Gasteiger partial charge in [-0.2, -0.15) is 4.39 Å². The molecule has 7 nitrogen and oxygen atoms in total. The fourth-order valence-electron chi connectivity index (χ4n) is 4.16. The number of nitrogens with two attached hydrogens (primary N) is 1. The van der Waals surface area contributed by atoms with E-state index in [1.807, 2.05) is 16.7 Å². The van der Waals surface area contributed by atoms with E-state index in [-0.39, 0.29) is 18.4 Å². The summed E-state index contributed by atoms with van der Waals surface area (Å²) in [6.07, 6.45) is 4.14. The minimum Gasteiger partial charge on any atom is -0.481 e. The van der Waals surface area contributed by atoms with Crippen molar-refractivity contribution in [3.63, 3.8) is 0 Å².